The van der Waals surface area contributed by atoms with Crippen LogP contribution in [0.4, 0.5) is 4.39 Å². The Morgan fingerprint density at radius 1 is 1.23 bits per heavy atom. The second-order valence-corrected chi connectivity index (χ2v) is 8.78. The lowest BCUT2D eigenvalue weighted by atomic mass is 10.1. The zero-order chi connectivity index (χ0) is 21.9. The van der Waals surface area contributed by atoms with E-state index in [9.17, 15) is 17.6 Å². The molecule has 0 aliphatic rings. The van der Waals surface area contributed by atoms with Gasteiger partial charge in [-0.1, -0.05) is 19.1 Å². The standard InChI is InChI=1S/C21H25FN4O3S/c1-3-12-26-19-9-8-17(30(23,28)29)13-18(19)25-20(26)10-11-21(27)24-14(2)15-4-6-16(22)7-5-15/h4-9,13-14H,3,10-12H2,1-2H3,(H,24,27)(H2,23,28,29). The number of nitrogens with zero attached hydrogens (tertiary/aromatic N) is 2. The highest BCUT2D eigenvalue weighted by Gasteiger charge is 2.16. The van der Waals surface area contributed by atoms with E-state index >= 15 is 0 Å². The summed E-state index contributed by atoms with van der Waals surface area (Å²) in [5.41, 5.74) is 2.16. The van der Waals surface area contributed by atoms with Gasteiger partial charge in [0.2, 0.25) is 15.9 Å². The highest BCUT2D eigenvalue weighted by atomic mass is 32.2. The van der Waals surface area contributed by atoms with Gasteiger partial charge in [-0.3, -0.25) is 4.79 Å². The molecule has 1 heterocycles. The minimum atomic E-state index is -3.82. The van der Waals surface area contributed by atoms with Gasteiger partial charge in [0.1, 0.15) is 11.6 Å². The van der Waals surface area contributed by atoms with Crippen molar-refractivity contribution < 1.29 is 17.6 Å². The number of nitrogens with one attached hydrogen (secondary N) is 1. The number of hydrogen-bond donors (Lipinski definition) is 2. The van der Waals surface area contributed by atoms with Crippen molar-refractivity contribution in [1.29, 1.82) is 0 Å². The zero-order valence-electron chi connectivity index (χ0n) is 16.9. The van der Waals surface area contributed by atoms with Crippen LogP contribution >= 0.6 is 0 Å². The summed E-state index contributed by atoms with van der Waals surface area (Å²) in [7, 11) is -3.82. The number of benzene rings is 2. The predicted molar refractivity (Wildman–Crippen MR) is 113 cm³/mol. The number of nitrogens with two attached hydrogens (primary N) is 1. The van der Waals surface area contributed by atoms with Crippen LogP contribution in [-0.2, 0) is 27.8 Å². The van der Waals surface area contributed by atoms with E-state index in [4.69, 9.17) is 5.14 Å². The van der Waals surface area contributed by atoms with Crippen LogP contribution in [0.1, 0.15) is 44.1 Å². The molecule has 0 saturated carbocycles. The molecule has 0 fully saturated rings. The molecule has 0 saturated heterocycles. The molecule has 3 N–H and O–H groups in total. The average molecular weight is 433 g/mol. The second-order valence-electron chi connectivity index (χ2n) is 7.22. The number of imidazole rings is 1. The largest absolute Gasteiger partial charge is 0.350 e. The van der Waals surface area contributed by atoms with Crippen LogP contribution in [0.3, 0.4) is 0 Å². The molecule has 1 amide bonds. The van der Waals surface area contributed by atoms with Crippen LogP contribution in [0.5, 0.6) is 0 Å². The number of aromatic nitrogens is 2. The number of aryl methyl sites for hydroxylation is 2. The first-order valence-electron chi connectivity index (χ1n) is 9.76. The Morgan fingerprint density at radius 2 is 1.93 bits per heavy atom. The molecule has 3 aromatic rings. The van der Waals surface area contributed by atoms with Crippen molar-refractivity contribution in [2.75, 3.05) is 0 Å². The Labute approximate surface area is 175 Å². The van der Waals surface area contributed by atoms with Crippen molar-refractivity contribution in [1.82, 2.24) is 14.9 Å². The molecule has 2 aromatic carbocycles. The number of hydrogen-bond acceptors (Lipinski definition) is 4. The molecule has 1 unspecified atom stereocenters. The Kier molecular flexibility index (Phi) is 6.52. The molecule has 3 rings (SSSR count). The topological polar surface area (TPSA) is 107 Å². The second kappa shape index (κ2) is 8.93. The zero-order valence-corrected chi connectivity index (χ0v) is 17.7. The van der Waals surface area contributed by atoms with E-state index in [1.54, 1.807) is 18.2 Å². The van der Waals surface area contributed by atoms with Gasteiger partial charge in [0.15, 0.2) is 0 Å². The van der Waals surface area contributed by atoms with Crippen LogP contribution in [0.15, 0.2) is 47.4 Å². The van der Waals surface area contributed by atoms with Crippen LogP contribution in [0.25, 0.3) is 11.0 Å². The Bertz CT molecular complexity index is 1160. The molecule has 0 aliphatic carbocycles. The smallest absolute Gasteiger partial charge is 0.238 e. The number of primary sulfonamides is 1. The van der Waals surface area contributed by atoms with E-state index in [2.05, 4.69) is 10.3 Å². The summed E-state index contributed by atoms with van der Waals surface area (Å²) >= 11 is 0. The summed E-state index contributed by atoms with van der Waals surface area (Å²) < 4.78 is 38.3. The first-order valence-corrected chi connectivity index (χ1v) is 11.3. The van der Waals surface area contributed by atoms with Crippen molar-refractivity contribution in [3.63, 3.8) is 0 Å². The van der Waals surface area contributed by atoms with E-state index < -0.39 is 10.0 Å². The molecule has 1 atom stereocenters. The van der Waals surface area contributed by atoms with Crippen LogP contribution in [0, 0.1) is 5.82 Å². The van der Waals surface area contributed by atoms with Crippen molar-refractivity contribution in [2.45, 2.75) is 50.6 Å². The molecule has 0 bridgehead atoms. The summed E-state index contributed by atoms with van der Waals surface area (Å²) in [5, 5.41) is 8.12. The predicted octanol–water partition coefficient (Wildman–Crippen LogP) is 3.04. The Hall–Kier alpha value is -2.78. The summed E-state index contributed by atoms with van der Waals surface area (Å²) in [6.07, 6.45) is 1.49. The van der Waals surface area contributed by atoms with Crippen LogP contribution in [0.2, 0.25) is 0 Å². The highest BCUT2D eigenvalue weighted by Crippen LogP contribution is 2.21. The van der Waals surface area contributed by atoms with Gasteiger partial charge in [0, 0.05) is 19.4 Å². The monoisotopic (exact) mass is 432 g/mol. The molecular weight excluding hydrogens is 407 g/mol. The maximum atomic E-state index is 13.1. The van der Waals surface area contributed by atoms with Gasteiger partial charge in [-0.2, -0.15) is 0 Å². The number of fused-ring (bicyclic) bond motifs is 1. The third kappa shape index (κ3) is 5.03. The average Bonchev–Trinajstić information content (AvgIpc) is 3.03. The maximum absolute atomic E-state index is 13.1. The lowest BCUT2D eigenvalue weighted by molar-refractivity contribution is -0.121. The van der Waals surface area contributed by atoms with Gasteiger partial charge in [-0.25, -0.2) is 22.9 Å². The van der Waals surface area contributed by atoms with Gasteiger partial charge in [0.05, 0.1) is 22.0 Å². The minimum Gasteiger partial charge on any atom is -0.350 e. The normalized spacial score (nSPS) is 12.8. The van der Waals surface area contributed by atoms with Gasteiger partial charge in [-0.15, -0.1) is 0 Å². The Morgan fingerprint density at radius 3 is 2.57 bits per heavy atom. The number of sulfonamides is 1. The molecule has 0 radical (unpaired) electrons. The molecule has 30 heavy (non-hydrogen) atoms. The van der Waals surface area contributed by atoms with Crippen molar-refractivity contribution >= 4 is 27.0 Å². The summed E-state index contributed by atoms with van der Waals surface area (Å²) in [5.74, 6) is 0.243. The van der Waals surface area contributed by atoms with E-state index in [1.165, 1.54) is 24.3 Å². The Balaban J connectivity index is 1.74. The van der Waals surface area contributed by atoms with Crippen molar-refractivity contribution in [3.05, 3.63) is 59.7 Å². The molecular formula is C21H25FN4O3S. The number of halogens is 1. The maximum Gasteiger partial charge on any atom is 0.238 e. The molecule has 0 spiro atoms. The first-order chi connectivity index (χ1) is 14.2. The highest BCUT2D eigenvalue weighted by molar-refractivity contribution is 7.89. The van der Waals surface area contributed by atoms with Gasteiger partial charge < -0.3 is 9.88 Å². The van der Waals surface area contributed by atoms with Gasteiger partial charge in [-0.05, 0) is 49.2 Å². The van der Waals surface area contributed by atoms with E-state index in [0.29, 0.717) is 24.3 Å². The third-order valence-electron chi connectivity index (χ3n) is 4.90. The van der Waals surface area contributed by atoms with E-state index in [1.807, 2.05) is 18.4 Å². The third-order valence-corrected chi connectivity index (χ3v) is 5.81. The van der Waals surface area contributed by atoms with E-state index in [0.717, 1.165) is 17.5 Å². The van der Waals surface area contributed by atoms with E-state index in [-0.39, 0.29) is 29.1 Å². The molecule has 160 valence electrons. The summed E-state index contributed by atoms with van der Waals surface area (Å²) in [6, 6.07) is 10.4. The fourth-order valence-electron chi connectivity index (χ4n) is 3.37. The molecule has 9 heteroatoms. The lowest BCUT2D eigenvalue weighted by Crippen LogP contribution is -2.27. The fraction of sp³-hybridized carbons (Fsp3) is 0.333. The van der Waals surface area contributed by atoms with Crippen LogP contribution in [-0.4, -0.2) is 23.9 Å². The number of carbonyl (C=O) groups excluding carboxylic acids is 1. The lowest BCUT2D eigenvalue weighted by Gasteiger charge is -2.14. The van der Waals surface area contributed by atoms with Gasteiger partial charge in [0.25, 0.3) is 0 Å². The van der Waals surface area contributed by atoms with Crippen molar-refractivity contribution in [2.24, 2.45) is 5.14 Å². The van der Waals surface area contributed by atoms with Crippen molar-refractivity contribution in [3.8, 4) is 0 Å². The minimum absolute atomic E-state index is 0.00793. The van der Waals surface area contributed by atoms with Crippen LogP contribution < -0.4 is 10.5 Å². The molecule has 7 nitrogen and oxygen atoms in total. The number of rotatable bonds is 8. The molecule has 0 aliphatic heterocycles. The summed E-state index contributed by atoms with van der Waals surface area (Å²) in [4.78, 5) is 17.0. The molecule has 1 aromatic heterocycles. The first kappa shape index (κ1) is 21.9. The fourth-order valence-corrected chi connectivity index (χ4v) is 3.91. The number of amides is 1. The summed E-state index contributed by atoms with van der Waals surface area (Å²) in [6.45, 7) is 4.58. The number of carbonyl (C=O) groups is 1. The SMILES string of the molecule is CCCn1c(CCC(=O)NC(C)c2ccc(F)cc2)nc2cc(S(N)(=O)=O)ccc21. The quantitative estimate of drug-likeness (QED) is 0.570. The van der Waals surface area contributed by atoms with Gasteiger partial charge >= 0.3 is 0 Å².